The van der Waals surface area contributed by atoms with Crippen LogP contribution in [0.5, 0.6) is 0 Å². The van der Waals surface area contributed by atoms with E-state index in [2.05, 4.69) is 10.3 Å². The zero-order chi connectivity index (χ0) is 8.43. The van der Waals surface area contributed by atoms with E-state index in [0.717, 1.165) is 0 Å². The first kappa shape index (κ1) is 7.71. The van der Waals surface area contributed by atoms with Gasteiger partial charge < -0.3 is 5.73 Å². The molecule has 0 aliphatic rings. The molecule has 0 saturated carbocycles. The van der Waals surface area contributed by atoms with Gasteiger partial charge in [-0.25, -0.2) is 4.68 Å². The fraction of sp³-hybridized carbons (Fsp3) is 0.500. The Labute approximate surface area is 64.2 Å². The van der Waals surface area contributed by atoms with Crippen LogP contribution in [0.3, 0.4) is 0 Å². The average Bonchev–Trinajstić information content (AvgIpc) is 2.26. The maximum absolute atomic E-state index is 10.2. The van der Waals surface area contributed by atoms with E-state index in [1.807, 2.05) is 6.92 Å². The maximum Gasteiger partial charge on any atom is 0.172 e. The van der Waals surface area contributed by atoms with Gasteiger partial charge in [-0.15, -0.1) is 4.91 Å². The molecule has 0 aliphatic carbocycles. The Morgan fingerprint density at radius 1 is 1.73 bits per heavy atom. The molecule has 11 heavy (non-hydrogen) atoms. The second kappa shape index (κ2) is 2.69. The molecule has 1 aromatic heterocycles. The minimum atomic E-state index is 0.256. The predicted molar refractivity (Wildman–Crippen MR) is 42.5 cm³/mol. The van der Waals surface area contributed by atoms with E-state index in [4.69, 9.17) is 5.73 Å². The number of nitrogen functional groups attached to an aromatic ring is 1. The summed E-state index contributed by atoms with van der Waals surface area (Å²) in [5.41, 5.74) is 6.37. The van der Waals surface area contributed by atoms with Crippen molar-refractivity contribution in [1.82, 2.24) is 9.78 Å². The van der Waals surface area contributed by atoms with Gasteiger partial charge in [0, 0.05) is 6.54 Å². The van der Waals surface area contributed by atoms with E-state index < -0.39 is 0 Å². The number of nitroso groups, excluding NO2 is 1. The Kier molecular flexibility index (Phi) is 1.89. The number of aromatic nitrogens is 2. The third kappa shape index (κ3) is 1.09. The van der Waals surface area contributed by atoms with Crippen molar-refractivity contribution in [3.05, 3.63) is 10.6 Å². The van der Waals surface area contributed by atoms with Gasteiger partial charge in [-0.2, -0.15) is 5.10 Å². The van der Waals surface area contributed by atoms with Crippen molar-refractivity contribution >= 4 is 11.5 Å². The van der Waals surface area contributed by atoms with Crippen LogP contribution in [0.4, 0.5) is 11.5 Å². The number of hydrogen-bond acceptors (Lipinski definition) is 4. The maximum atomic E-state index is 10.2. The van der Waals surface area contributed by atoms with Gasteiger partial charge in [0.25, 0.3) is 0 Å². The van der Waals surface area contributed by atoms with Crippen LogP contribution in [0.2, 0.25) is 0 Å². The molecule has 5 heteroatoms. The van der Waals surface area contributed by atoms with E-state index >= 15 is 0 Å². The van der Waals surface area contributed by atoms with E-state index in [0.29, 0.717) is 18.1 Å². The molecule has 1 heterocycles. The molecule has 1 aromatic rings. The summed E-state index contributed by atoms with van der Waals surface area (Å²) >= 11 is 0. The molecule has 0 fully saturated rings. The van der Waals surface area contributed by atoms with Crippen LogP contribution in [0.15, 0.2) is 5.18 Å². The molecule has 2 N–H and O–H groups in total. The summed E-state index contributed by atoms with van der Waals surface area (Å²) in [5, 5.41) is 6.78. The quantitative estimate of drug-likeness (QED) is 0.650. The second-order valence-corrected chi connectivity index (χ2v) is 2.23. The van der Waals surface area contributed by atoms with E-state index in [1.165, 1.54) is 0 Å². The van der Waals surface area contributed by atoms with E-state index in [-0.39, 0.29) is 5.69 Å². The molecule has 0 bridgehead atoms. The molecule has 5 nitrogen and oxygen atoms in total. The van der Waals surface area contributed by atoms with Crippen molar-refractivity contribution in [2.75, 3.05) is 5.73 Å². The van der Waals surface area contributed by atoms with Crippen LogP contribution in [-0.4, -0.2) is 9.78 Å². The highest BCUT2D eigenvalue weighted by Gasteiger charge is 2.10. The van der Waals surface area contributed by atoms with Crippen LogP contribution in [0, 0.1) is 11.8 Å². The highest BCUT2D eigenvalue weighted by atomic mass is 16.3. The number of nitrogens with zero attached hydrogens (tertiary/aromatic N) is 3. The highest BCUT2D eigenvalue weighted by molar-refractivity contribution is 5.60. The molecule has 1 rings (SSSR count). The van der Waals surface area contributed by atoms with Gasteiger partial charge in [-0.1, -0.05) is 0 Å². The predicted octanol–water partition coefficient (Wildman–Crippen LogP) is 1.19. The zero-order valence-corrected chi connectivity index (χ0v) is 6.53. The Bertz CT molecular complexity index is 278. The van der Waals surface area contributed by atoms with Crippen molar-refractivity contribution in [2.45, 2.75) is 20.4 Å². The van der Waals surface area contributed by atoms with Gasteiger partial charge in [0.15, 0.2) is 11.5 Å². The monoisotopic (exact) mass is 154 g/mol. The fourth-order valence-corrected chi connectivity index (χ4v) is 0.944. The van der Waals surface area contributed by atoms with Crippen molar-refractivity contribution in [3.8, 4) is 0 Å². The van der Waals surface area contributed by atoms with Crippen molar-refractivity contribution < 1.29 is 0 Å². The lowest BCUT2D eigenvalue weighted by molar-refractivity contribution is 0.663. The smallest absolute Gasteiger partial charge is 0.172 e. The zero-order valence-electron chi connectivity index (χ0n) is 6.53. The van der Waals surface area contributed by atoms with Crippen molar-refractivity contribution in [3.63, 3.8) is 0 Å². The van der Waals surface area contributed by atoms with Gasteiger partial charge in [0.1, 0.15) is 0 Å². The summed E-state index contributed by atoms with van der Waals surface area (Å²) in [5.74, 6) is 0.347. The first-order valence-electron chi connectivity index (χ1n) is 3.37. The first-order valence-corrected chi connectivity index (χ1v) is 3.37. The van der Waals surface area contributed by atoms with Crippen LogP contribution in [-0.2, 0) is 6.54 Å². The van der Waals surface area contributed by atoms with Crippen LogP contribution >= 0.6 is 0 Å². The molecule has 0 aliphatic heterocycles. The third-order valence-corrected chi connectivity index (χ3v) is 1.52. The number of anilines is 1. The Morgan fingerprint density at radius 3 is 2.64 bits per heavy atom. The SMILES string of the molecule is CCn1nc(C)c(N=O)c1N. The summed E-state index contributed by atoms with van der Waals surface area (Å²) < 4.78 is 1.55. The standard InChI is InChI=1S/C6H10N4O/c1-3-10-6(7)5(9-11)4(2)8-10/h3,7H2,1-2H3. The summed E-state index contributed by atoms with van der Waals surface area (Å²) in [6, 6.07) is 0. The topological polar surface area (TPSA) is 73.3 Å². The van der Waals surface area contributed by atoms with Gasteiger partial charge in [-0.05, 0) is 19.0 Å². The van der Waals surface area contributed by atoms with Crippen LogP contribution in [0.1, 0.15) is 12.6 Å². The lowest BCUT2D eigenvalue weighted by Crippen LogP contribution is -2.01. The van der Waals surface area contributed by atoms with Gasteiger partial charge >= 0.3 is 0 Å². The molecule has 60 valence electrons. The first-order chi connectivity index (χ1) is 5.20. The summed E-state index contributed by atoms with van der Waals surface area (Å²) in [6.07, 6.45) is 0. The largest absolute Gasteiger partial charge is 0.382 e. The van der Waals surface area contributed by atoms with Gasteiger partial charge in [0.05, 0.1) is 5.69 Å². The molecule has 0 spiro atoms. The Balaban J connectivity index is 3.24. The molecule has 0 atom stereocenters. The van der Waals surface area contributed by atoms with E-state index in [9.17, 15) is 4.91 Å². The molecule has 0 amide bonds. The van der Waals surface area contributed by atoms with Gasteiger partial charge in [0.2, 0.25) is 0 Å². The molecule has 0 radical (unpaired) electrons. The van der Waals surface area contributed by atoms with E-state index in [1.54, 1.807) is 11.6 Å². The Hall–Kier alpha value is -1.39. The summed E-state index contributed by atoms with van der Waals surface area (Å²) in [6.45, 7) is 4.26. The number of aryl methyl sites for hydroxylation is 2. The number of rotatable bonds is 2. The van der Waals surface area contributed by atoms with Crippen LogP contribution in [0.25, 0.3) is 0 Å². The third-order valence-electron chi connectivity index (χ3n) is 1.52. The van der Waals surface area contributed by atoms with Crippen molar-refractivity contribution in [2.24, 2.45) is 5.18 Å². The van der Waals surface area contributed by atoms with Crippen LogP contribution < -0.4 is 5.73 Å². The number of nitrogens with two attached hydrogens (primary N) is 1. The minimum absolute atomic E-state index is 0.256. The molecule has 0 unspecified atom stereocenters. The molecular formula is C6H10N4O. The fourth-order valence-electron chi connectivity index (χ4n) is 0.944. The minimum Gasteiger partial charge on any atom is -0.382 e. The lowest BCUT2D eigenvalue weighted by atomic mass is 10.4. The molecule has 0 saturated heterocycles. The molecule has 0 aromatic carbocycles. The normalized spacial score (nSPS) is 10.0. The van der Waals surface area contributed by atoms with Gasteiger partial charge in [-0.3, -0.25) is 0 Å². The molecular weight excluding hydrogens is 144 g/mol. The summed E-state index contributed by atoms with van der Waals surface area (Å²) in [7, 11) is 0. The lowest BCUT2D eigenvalue weighted by Gasteiger charge is -1.95. The Morgan fingerprint density at radius 2 is 2.36 bits per heavy atom. The average molecular weight is 154 g/mol. The number of hydrogen-bond donors (Lipinski definition) is 1. The highest BCUT2D eigenvalue weighted by Crippen LogP contribution is 2.24. The summed E-state index contributed by atoms with van der Waals surface area (Å²) in [4.78, 5) is 10.2. The second-order valence-electron chi connectivity index (χ2n) is 2.23. The van der Waals surface area contributed by atoms with Crippen molar-refractivity contribution in [1.29, 1.82) is 0 Å².